The number of carbonyl (C=O) groups is 2. The average molecular weight is 291 g/mol. The molecule has 1 aliphatic rings. The molecule has 0 saturated carbocycles. The van der Waals surface area contributed by atoms with Crippen molar-refractivity contribution in [1.82, 2.24) is 5.32 Å². The third kappa shape index (κ3) is 4.29. The van der Waals surface area contributed by atoms with E-state index in [0.29, 0.717) is 11.5 Å². The fourth-order valence-corrected chi connectivity index (χ4v) is 2.69. The smallest absolute Gasteiger partial charge is 0.335 e. The van der Waals surface area contributed by atoms with E-state index in [1.165, 1.54) is 6.07 Å². The largest absolute Gasteiger partial charge is 0.478 e. The van der Waals surface area contributed by atoms with Gasteiger partial charge in [0.1, 0.15) is 0 Å². The van der Waals surface area contributed by atoms with Crippen molar-refractivity contribution in [1.29, 1.82) is 0 Å². The van der Waals surface area contributed by atoms with Crippen LogP contribution in [0.2, 0.25) is 0 Å². The Bertz CT molecular complexity index is 509. The number of carboxylic acids is 1. The number of benzene rings is 1. The van der Waals surface area contributed by atoms with E-state index in [4.69, 9.17) is 9.84 Å². The lowest BCUT2D eigenvalue weighted by Gasteiger charge is -2.28. The van der Waals surface area contributed by atoms with Gasteiger partial charge >= 0.3 is 5.97 Å². The topological polar surface area (TPSA) is 75.6 Å². The molecular formula is C16H21NO4. The second-order valence-electron chi connectivity index (χ2n) is 5.45. The quantitative estimate of drug-likeness (QED) is 0.868. The Hall–Kier alpha value is -1.88. The summed E-state index contributed by atoms with van der Waals surface area (Å²) < 4.78 is 5.31. The summed E-state index contributed by atoms with van der Waals surface area (Å²) in [5.41, 5.74) is 0.730. The van der Waals surface area contributed by atoms with Crippen LogP contribution in [0.3, 0.4) is 0 Å². The van der Waals surface area contributed by atoms with Gasteiger partial charge in [0.2, 0.25) is 5.91 Å². The van der Waals surface area contributed by atoms with Crippen molar-refractivity contribution >= 4 is 11.9 Å². The SMILES string of the molecule is CC(NC(=O)Cc1ccccc1C(=O)O)C1CCOCC1. The third-order valence-electron chi connectivity index (χ3n) is 3.96. The average Bonchev–Trinajstić information content (AvgIpc) is 2.48. The molecular weight excluding hydrogens is 270 g/mol. The highest BCUT2D eigenvalue weighted by Crippen LogP contribution is 2.18. The van der Waals surface area contributed by atoms with Gasteiger partial charge in [-0.25, -0.2) is 4.79 Å². The zero-order valence-corrected chi connectivity index (χ0v) is 12.2. The van der Waals surface area contributed by atoms with Gasteiger partial charge in [-0.1, -0.05) is 18.2 Å². The molecule has 0 radical (unpaired) electrons. The van der Waals surface area contributed by atoms with Crippen LogP contribution in [0.5, 0.6) is 0 Å². The van der Waals surface area contributed by atoms with E-state index in [9.17, 15) is 9.59 Å². The zero-order chi connectivity index (χ0) is 15.2. The number of carbonyl (C=O) groups excluding carboxylic acids is 1. The molecule has 114 valence electrons. The Kier molecular flexibility index (Phi) is 5.33. The number of amides is 1. The number of hydrogen-bond donors (Lipinski definition) is 2. The number of ether oxygens (including phenoxy) is 1. The predicted molar refractivity (Wildman–Crippen MR) is 78.3 cm³/mol. The fraction of sp³-hybridized carbons (Fsp3) is 0.500. The fourth-order valence-electron chi connectivity index (χ4n) is 2.69. The normalized spacial score (nSPS) is 17.2. The highest BCUT2D eigenvalue weighted by Gasteiger charge is 2.22. The van der Waals surface area contributed by atoms with E-state index in [1.807, 2.05) is 6.92 Å². The van der Waals surface area contributed by atoms with Gasteiger partial charge in [0.05, 0.1) is 12.0 Å². The molecule has 1 fully saturated rings. The van der Waals surface area contributed by atoms with Gasteiger partial charge < -0.3 is 15.2 Å². The Morgan fingerprint density at radius 3 is 2.67 bits per heavy atom. The number of carboxylic acid groups (broad SMARTS) is 1. The molecule has 0 aliphatic carbocycles. The van der Waals surface area contributed by atoms with Gasteiger partial charge in [0.25, 0.3) is 0 Å². The molecule has 1 amide bonds. The standard InChI is InChI=1S/C16H21NO4/c1-11(12-6-8-21-9-7-12)17-15(18)10-13-4-2-3-5-14(13)16(19)20/h2-5,11-12H,6-10H2,1H3,(H,17,18)(H,19,20). The molecule has 2 N–H and O–H groups in total. The van der Waals surface area contributed by atoms with E-state index in [0.717, 1.165) is 26.1 Å². The molecule has 21 heavy (non-hydrogen) atoms. The van der Waals surface area contributed by atoms with Crippen LogP contribution in [-0.2, 0) is 16.0 Å². The molecule has 0 bridgehead atoms. The molecule has 1 aromatic carbocycles. The number of rotatable bonds is 5. The second-order valence-corrected chi connectivity index (χ2v) is 5.45. The Balaban J connectivity index is 1.94. The van der Waals surface area contributed by atoms with E-state index in [1.54, 1.807) is 18.2 Å². The minimum absolute atomic E-state index is 0.0818. The summed E-state index contributed by atoms with van der Waals surface area (Å²) >= 11 is 0. The molecule has 1 saturated heterocycles. The van der Waals surface area contributed by atoms with Crippen molar-refractivity contribution in [2.45, 2.75) is 32.2 Å². The Labute approximate surface area is 124 Å². The van der Waals surface area contributed by atoms with Crippen LogP contribution in [0.1, 0.15) is 35.7 Å². The lowest BCUT2D eigenvalue weighted by Crippen LogP contribution is -2.41. The lowest BCUT2D eigenvalue weighted by molar-refractivity contribution is -0.121. The van der Waals surface area contributed by atoms with E-state index in [-0.39, 0.29) is 23.9 Å². The van der Waals surface area contributed by atoms with Gasteiger partial charge in [0.15, 0.2) is 0 Å². The van der Waals surface area contributed by atoms with Gasteiger partial charge in [-0.05, 0) is 37.3 Å². The maximum Gasteiger partial charge on any atom is 0.335 e. The molecule has 1 unspecified atom stereocenters. The maximum absolute atomic E-state index is 12.1. The minimum Gasteiger partial charge on any atom is -0.478 e. The summed E-state index contributed by atoms with van der Waals surface area (Å²) in [5, 5.41) is 12.1. The van der Waals surface area contributed by atoms with Crippen molar-refractivity contribution in [3.63, 3.8) is 0 Å². The van der Waals surface area contributed by atoms with Crippen molar-refractivity contribution < 1.29 is 19.4 Å². The number of nitrogens with one attached hydrogen (secondary N) is 1. The van der Waals surface area contributed by atoms with Crippen molar-refractivity contribution in [3.05, 3.63) is 35.4 Å². The van der Waals surface area contributed by atoms with Crippen LogP contribution in [0.4, 0.5) is 0 Å². The minimum atomic E-state index is -1.00. The summed E-state index contributed by atoms with van der Waals surface area (Å²) in [6, 6.07) is 6.69. The van der Waals surface area contributed by atoms with E-state index in [2.05, 4.69) is 5.32 Å². The molecule has 0 aromatic heterocycles. The van der Waals surface area contributed by atoms with Crippen molar-refractivity contribution in [3.8, 4) is 0 Å². The molecule has 2 rings (SSSR count). The monoisotopic (exact) mass is 291 g/mol. The summed E-state index contributed by atoms with van der Waals surface area (Å²) in [5.74, 6) is -0.712. The van der Waals surface area contributed by atoms with Crippen molar-refractivity contribution in [2.75, 3.05) is 13.2 Å². The molecule has 0 spiro atoms. The molecule has 1 aromatic rings. The number of aromatic carboxylic acids is 1. The maximum atomic E-state index is 12.1. The summed E-state index contributed by atoms with van der Waals surface area (Å²) in [6.45, 7) is 3.48. The number of hydrogen-bond acceptors (Lipinski definition) is 3. The first-order valence-corrected chi connectivity index (χ1v) is 7.26. The van der Waals surface area contributed by atoms with Crippen LogP contribution in [0.15, 0.2) is 24.3 Å². The van der Waals surface area contributed by atoms with Gasteiger partial charge in [-0.15, -0.1) is 0 Å². The Morgan fingerprint density at radius 1 is 1.33 bits per heavy atom. The molecule has 1 atom stereocenters. The lowest BCUT2D eigenvalue weighted by atomic mass is 9.92. The Morgan fingerprint density at radius 2 is 2.00 bits per heavy atom. The van der Waals surface area contributed by atoms with E-state index >= 15 is 0 Å². The molecule has 5 nitrogen and oxygen atoms in total. The van der Waals surface area contributed by atoms with Crippen LogP contribution in [0.25, 0.3) is 0 Å². The predicted octanol–water partition coefficient (Wildman–Crippen LogP) is 1.86. The zero-order valence-electron chi connectivity index (χ0n) is 12.2. The second kappa shape index (κ2) is 7.22. The third-order valence-corrected chi connectivity index (χ3v) is 3.96. The summed E-state index contributed by atoms with van der Waals surface area (Å²) in [6.07, 6.45) is 2.00. The first-order valence-electron chi connectivity index (χ1n) is 7.26. The van der Waals surface area contributed by atoms with Crippen LogP contribution < -0.4 is 5.32 Å². The van der Waals surface area contributed by atoms with Crippen LogP contribution in [-0.4, -0.2) is 36.2 Å². The first-order chi connectivity index (χ1) is 10.1. The highest BCUT2D eigenvalue weighted by atomic mass is 16.5. The van der Waals surface area contributed by atoms with Gasteiger partial charge in [0, 0.05) is 19.3 Å². The van der Waals surface area contributed by atoms with Gasteiger partial charge in [-0.2, -0.15) is 0 Å². The van der Waals surface area contributed by atoms with Crippen molar-refractivity contribution in [2.24, 2.45) is 5.92 Å². The van der Waals surface area contributed by atoms with Gasteiger partial charge in [-0.3, -0.25) is 4.79 Å². The highest BCUT2D eigenvalue weighted by molar-refractivity contribution is 5.91. The molecule has 5 heteroatoms. The van der Waals surface area contributed by atoms with Crippen LogP contribution in [0, 0.1) is 5.92 Å². The molecule has 1 aliphatic heterocycles. The van der Waals surface area contributed by atoms with Crippen LogP contribution >= 0.6 is 0 Å². The first kappa shape index (κ1) is 15.5. The summed E-state index contributed by atoms with van der Waals surface area (Å²) in [4.78, 5) is 23.2. The van der Waals surface area contributed by atoms with E-state index < -0.39 is 5.97 Å². The molecule has 1 heterocycles. The summed E-state index contributed by atoms with van der Waals surface area (Å²) in [7, 11) is 0.